The highest BCUT2D eigenvalue weighted by Crippen LogP contribution is 2.33. The zero-order valence-electron chi connectivity index (χ0n) is 21.7. The SMILES string of the molecule is Cc1ccc(C)c(Oc2cc(NC(=O)c3c(-c4ccccc4)nn(-c4ccccc4)c3C)cc([N+](=O)[O-])c2)c1. The van der Waals surface area contributed by atoms with E-state index in [1.807, 2.05) is 99.6 Å². The summed E-state index contributed by atoms with van der Waals surface area (Å²) in [4.78, 5) is 24.9. The summed E-state index contributed by atoms with van der Waals surface area (Å²) in [7, 11) is 0. The van der Waals surface area contributed by atoms with Gasteiger partial charge in [0.25, 0.3) is 11.6 Å². The number of nitro benzene ring substituents is 1. The van der Waals surface area contributed by atoms with Crippen LogP contribution in [0.4, 0.5) is 11.4 Å². The van der Waals surface area contributed by atoms with Gasteiger partial charge in [0, 0.05) is 17.7 Å². The highest BCUT2D eigenvalue weighted by atomic mass is 16.6. The Hall–Kier alpha value is -5.24. The van der Waals surface area contributed by atoms with E-state index in [-0.39, 0.29) is 17.1 Å². The molecule has 5 aromatic rings. The highest BCUT2D eigenvalue weighted by Gasteiger charge is 2.24. The minimum absolute atomic E-state index is 0.201. The first-order valence-corrected chi connectivity index (χ1v) is 12.4. The van der Waals surface area contributed by atoms with Crippen LogP contribution in [0, 0.1) is 30.9 Å². The number of anilines is 1. The molecule has 39 heavy (non-hydrogen) atoms. The van der Waals surface area contributed by atoms with Crippen LogP contribution >= 0.6 is 0 Å². The van der Waals surface area contributed by atoms with Gasteiger partial charge in [0.15, 0.2) is 0 Å². The summed E-state index contributed by atoms with van der Waals surface area (Å²) >= 11 is 0. The number of para-hydroxylation sites is 1. The van der Waals surface area contributed by atoms with Crippen molar-refractivity contribution < 1.29 is 14.5 Å². The highest BCUT2D eigenvalue weighted by molar-refractivity contribution is 6.09. The summed E-state index contributed by atoms with van der Waals surface area (Å²) < 4.78 is 7.74. The number of aryl methyl sites for hydroxylation is 2. The van der Waals surface area contributed by atoms with Crippen molar-refractivity contribution in [1.82, 2.24) is 9.78 Å². The third-order valence-electron chi connectivity index (χ3n) is 6.32. The van der Waals surface area contributed by atoms with Gasteiger partial charge in [-0.05, 0) is 50.1 Å². The fraction of sp³-hybridized carbons (Fsp3) is 0.0968. The van der Waals surface area contributed by atoms with Gasteiger partial charge in [-0.15, -0.1) is 0 Å². The van der Waals surface area contributed by atoms with E-state index in [2.05, 4.69) is 5.32 Å². The predicted molar refractivity (Wildman–Crippen MR) is 151 cm³/mol. The Labute approximate surface area is 225 Å². The zero-order valence-corrected chi connectivity index (χ0v) is 21.7. The van der Waals surface area contributed by atoms with Gasteiger partial charge in [-0.1, -0.05) is 60.7 Å². The number of nitro groups is 1. The first-order valence-electron chi connectivity index (χ1n) is 12.4. The lowest BCUT2D eigenvalue weighted by atomic mass is 10.1. The number of nitrogens with one attached hydrogen (secondary N) is 1. The van der Waals surface area contributed by atoms with Crippen molar-refractivity contribution in [3.8, 4) is 28.4 Å². The van der Waals surface area contributed by atoms with Crippen molar-refractivity contribution in [2.45, 2.75) is 20.8 Å². The van der Waals surface area contributed by atoms with E-state index in [0.29, 0.717) is 22.7 Å². The molecule has 1 amide bonds. The molecule has 0 saturated carbocycles. The number of hydrogen-bond donors (Lipinski definition) is 1. The molecule has 0 fully saturated rings. The number of hydrogen-bond acceptors (Lipinski definition) is 5. The number of nitrogens with zero attached hydrogens (tertiary/aromatic N) is 3. The third kappa shape index (κ3) is 5.40. The van der Waals surface area contributed by atoms with Gasteiger partial charge in [0.1, 0.15) is 17.2 Å². The Morgan fingerprint density at radius 3 is 2.28 bits per heavy atom. The molecule has 1 aromatic heterocycles. The lowest BCUT2D eigenvalue weighted by molar-refractivity contribution is -0.384. The maximum atomic E-state index is 13.7. The van der Waals surface area contributed by atoms with Crippen LogP contribution in [-0.2, 0) is 0 Å². The third-order valence-corrected chi connectivity index (χ3v) is 6.32. The fourth-order valence-corrected chi connectivity index (χ4v) is 4.35. The molecule has 1 N–H and O–H groups in total. The summed E-state index contributed by atoms with van der Waals surface area (Å²) in [6.07, 6.45) is 0. The van der Waals surface area contributed by atoms with Gasteiger partial charge in [-0.25, -0.2) is 4.68 Å². The summed E-state index contributed by atoms with van der Waals surface area (Å²) in [5, 5.41) is 19.3. The van der Waals surface area contributed by atoms with Crippen molar-refractivity contribution in [3.05, 3.63) is 130 Å². The quantitative estimate of drug-likeness (QED) is 0.179. The topological polar surface area (TPSA) is 99.3 Å². The number of carbonyl (C=O) groups excluding carboxylic acids is 1. The number of non-ortho nitro benzene ring substituents is 1. The number of aromatic nitrogens is 2. The maximum Gasteiger partial charge on any atom is 0.275 e. The molecule has 0 aliphatic heterocycles. The molecule has 0 atom stereocenters. The van der Waals surface area contributed by atoms with E-state index in [0.717, 1.165) is 22.4 Å². The number of ether oxygens (including phenoxy) is 1. The lowest BCUT2D eigenvalue weighted by Gasteiger charge is -2.12. The monoisotopic (exact) mass is 518 g/mol. The first kappa shape index (κ1) is 25.4. The smallest absolute Gasteiger partial charge is 0.275 e. The van der Waals surface area contributed by atoms with Gasteiger partial charge in [0.2, 0.25) is 0 Å². The molecule has 0 spiro atoms. The van der Waals surface area contributed by atoms with E-state index in [1.54, 1.807) is 10.7 Å². The summed E-state index contributed by atoms with van der Waals surface area (Å²) in [5.41, 5.74) is 5.01. The van der Waals surface area contributed by atoms with Crippen LogP contribution in [-0.4, -0.2) is 20.6 Å². The molecule has 194 valence electrons. The second-order valence-electron chi connectivity index (χ2n) is 9.22. The molecule has 0 saturated heterocycles. The Morgan fingerprint density at radius 2 is 1.59 bits per heavy atom. The summed E-state index contributed by atoms with van der Waals surface area (Å²) in [6, 6.07) is 28.9. The number of benzene rings is 4. The van der Waals surface area contributed by atoms with Crippen LogP contribution in [0.2, 0.25) is 0 Å². The standard InChI is InChI=1S/C31H26N4O4/c1-20-14-15-21(2)28(16-20)39-27-18-24(17-26(19-27)35(37)38)32-31(36)29-22(3)34(25-12-8-5-9-13-25)33-30(29)23-10-6-4-7-11-23/h4-19H,1-3H3,(H,32,36). The van der Waals surface area contributed by atoms with Crippen molar-refractivity contribution in [2.24, 2.45) is 0 Å². The Balaban J connectivity index is 1.55. The largest absolute Gasteiger partial charge is 0.457 e. The van der Waals surface area contributed by atoms with Crippen LogP contribution < -0.4 is 10.1 Å². The van der Waals surface area contributed by atoms with Crippen LogP contribution in [0.25, 0.3) is 16.9 Å². The van der Waals surface area contributed by atoms with Gasteiger partial charge >= 0.3 is 0 Å². The lowest BCUT2D eigenvalue weighted by Crippen LogP contribution is -2.14. The first-order chi connectivity index (χ1) is 18.8. The predicted octanol–water partition coefficient (Wildman–Crippen LogP) is 7.42. The van der Waals surface area contributed by atoms with E-state index < -0.39 is 10.8 Å². The maximum absolute atomic E-state index is 13.7. The van der Waals surface area contributed by atoms with Crippen LogP contribution in [0.15, 0.2) is 97.1 Å². The van der Waals surface area contributed by atoms with Gasteiger partial charge in [-0.2, -0.15) is 5.10 Å². The molecule has 0 radical (unpaired) electrons. The minimum Gasteiger partial charge on any atom is -0.457 e. The number of amides is 1. The molecular formula is C31H26N4O4. The van der Waals surface area contributed by atoms with Gasteiger partial charge < -0.3 is 10.1 Å². The molecule has 8 nitrogen and oxygen atoms in total. The van der Waals surface area contributed by atoms with E-state index in [9.17, 15) is 14.9 Å². The molecule has 1 heterocycles. The van der Waals surface area contributed by atoms with Crippen molar-refractivity contribution in [2.75, 3.05) is 5.32 Å². The molecule has 0 unspecified atom stereocenters. The van der Waals surface area contributed by atoms with Crippen LogP contribution in [0.1, 0.15) is 27.2 Å². The summed E-state index contributed by atoms with van der Waals surface area (Å²) in [5.74, 6) is 0.388. The van der Waals surface area contributed by atoms with Gasteiger partial charge in [0.05, 0.1) is 33.6 Å². The molecule has 0 bridgehead atoms. The van der Waals surface area contributed by atoms with E-state index in [1.165, 1.54) is 12.1 Å². The summed E-state index contributed by atoms with van der Waals surface area (Å²) in [6.45, 7) is 5.66. The Morgan fingerprint density at radius 1 is 0.897 bits per heavy atom. The van der Waals surface area contributed by atoms with Crippen LogP contribution in [0.3, 0.4) is 0 Å². The number of rotatable bonds is 7. The molecule has 8 heteroatoms. The number of carbonyl (C=O) groups is 1. The average molecular weight is 519 g/mol. The normalized spacial score (nSPS) is 10.7. The Kier molecular flexibility index (Phi) is 6.93. The molecule has 0 aliphatic rings. The van der Waals surface area contributed by atoms with E-state index >= 15 is 0 Å². The minimum atomic E-state index is -0.514. The zero-order chi connectivity index (χ0) is 27.5. The van der Waals surface area contributed by atoms with E-state index in [4.69, 9.17) is 9.84 Å². The van der Waals surface area contributed by atoms with Crippen LogP contribution in [0.5, 0.6) is 11.5 Å². The second kappa shape index (κ2) is 10.6. The molecule has 5 rings (SSSR count). The molecular weight excluding hydrogens is 492 g/mol. The van der Waals surface area contributed by atoms with Crippen molar-refractivity contribution in [1.29, 1.82) is 0 Å². The van der Waals surface area contributed by atoms with Crippen molar-refractivity contribution >= 4 is 17.3 Å². The molecule has 4 aromatic carbocycles. The second-order valence-corrected chi connectivity index (χ2v) is 9.22. The average Bonchev–Trinajstić information content (AvgIpc) is 3.28. The van der Waals surface area contributed by atoms with Crippen molar-refractivity contribution in [3.63, 3.8) is 0 Å². The Bertz CT molecular complexity index is 1680. The molecule has 0 aliphatic carbocycles. The van der Waals surface area contributed by atoms with Gasteiger partial charge in [-0.3, -0.25) is 14.9 Å². The fourth-order valence-electron chi connectivity index (χ4n) is 4.35.